The highest BCUT2D eigenvalue weighted by Gasteiger charge is 2.33. The Kier molecular flexibility index (Phi) is 4.21. The van der Waals surface area contributed by atoms with Gasteiger partial charge in [0.25, 0.3) is 5.91 Å². The van der Waals surface area contributed by atoms with E-state index in [1.54, 1.807) is 28.5 Å². The van der Waals surface area contributed by atoms with Crippen LogP contribution in [0.15, 0.2) is 59.7 Å². The molecular formula is C19H17N7OS. The van der Waals surface area contributed by atoms with Crippen LogP contribution in [0.3, 0.4) is 0 Å². The predicted molar refractivity (Wildman–Crippen MR) is 104 cm³/mol. The number of nitrogens with zero attached hydrogens (tertiary/aromatic N) is 7. The molecular weight excluding hydrogens is 374 g/mol. The summed E-state index contributed by atoms with van der Waals surface area (Å²) in [5.74, 6) is 0.0502. The van der Waals surface area contributed by atoms with E-state index in [4.69, 9.17) is 0 Å². The number of hydrogen-bond acceptors (Lipinski definition) is 6. The van der Waals surface area contributed by atoms with E-state index < -0.39 is 0 Å². The lowest BCUT2D eigenvalue weighted by Gasteiger charge is -2.38. The quantitative estimate of drug-likeness (QED) is 0.522. The van der Waals surface area contributed by atoms with Crippen LogP contribution in [0, 0.1) is 0 Å². The van der Waals surface area contributed by atoms with E-state index in [0.29, 0.717) is 25.2 Å². The topological polar surface area (TPSA) is 81.7 Å². The van der Waals surface area contributed by atoms with Gasteiger partial charge >= 0.3 is 0 Å². The number of rotatable bonds is 5. The van der Waals surface area contributed by atoms with Crippen LogP contribution in [-0.4, -0.2) is 53.9 Å². The second kappa shape index (κ2) is 7.01. The molecule has 0 spiro atoms. The third-order valence-electron chi connectivity index (χ3n) is 4.84. The summed E-state index contributed by atoms with van der Waals surface area (Å²) in [6, 6.07) is 10.0. The largest absolute Gasteiger partial charge is 0.334 e. The molecule has 1 fully saturated rings. The normalized spacial score (nSPS) is 14.2. The SMILES string of the molecule is O=C(c1ccc(-c2ccsc2)cc1)N1CC(n2cc(Cn3nccn3)nn2)C1. The molecule has 140 valence electrons. The number of thiophene rings is 1. The van der Waals surface area contributed by atoms with Gasteiger partial charge in [-0.2, -0.15) is 26.3 Å². The van der Waals surface area contributed by atoms with E-state index in [0.717, 1.165) is 11.3 Å². The van der Waals surface area contributed by atoms with Crippen molar-refractivity contribution in [2.45, 2.75) is 12.6 Å². The van der Waals surface area contributed by atoms with Crippen LogP contribution >= 0.6 is 11.3 Å². The van der Waals surface area contributed by atoms with E-state index >= 15 is 0 Å². The van der Waals surface area contributed by atoms with Gasteiger partial charge in [-0.05, 0) is 40.1 Å². The van der Waals surface area contributed by atoms with Crippen molar-refractivity contribution in [2.75, 3.05) is 13.1 Å². The molecule has 1 aliphatic heterocycles. The highest BCUT2D eigenvalue weighted by molar-refractivity contribution is 7.08. The molecule has 1 aliphatic rings. The van der Waals surface area contributed by atoms with Gasteiger partial charge in [0.15, 0.2) is 0 Å². The third kappa shape index (κ3) is 3.20. The second-order valence-corrected chi connectivity index (χ2v) is 7.48. The molecule has 1 aromatic carbocycles. The van der Waals surface area contributed by atoms with Gasteiger partial charge in [0, 0.05) is 18.7 Å². The number of carbonyl (C=O) groups is 1. The Morgan fingerprint density at radius 1 is 1.07 bits per heavy atom. The molecule has 28 heavy (non-hydrogen) atoms. The maximum atomic E-state index is 12.7. The zero-order valence-electron chi connectivity index (χ0n) is 14.9. The Balaban J connectivity index is 1.20. The van der Waals surface area contributed by atoms with Gasteiger partial charge in [-0.15, -0.1) is 5.10 Å². The zero-order chi connectivity index (χ0) is 18.9. The summed E-state index contributed by atoms with van der Waals surface area (Å²) in [4.78, 5) is 16.1. The fourth-order valence-corrected chi connectivity index (χ4v) is 3.90. The molecule has 1 saturated heterocycles. The number of likely N-dealkylation sites (tertiary alicyclic amines) is 1. The first-order valence-electron chi connectivity index (χ1n) is 8.93. The Morgan fingerprint density at radius 3 is 2.57 bits per heavy atom. The van der Waals surface area contributed by atoms with E-state index in [9.17, 15) is 4.79 Å². The summed E-state index contributed by atoms with van der Waals surface area (Å²) >= 11 is 1.67. The first kappa shape index (κ1) is 16.8. The van der Waals surface area contributed by atoms with Crippen molar-refractivity contribution in [1.82, 2.24) is 34.9 Å². The van der Waals surface area contributed by atoms with E-state index in [1.165, 1.54) is 5.56 Å². The lowest BCUT2D eigenvalue weighted by Crippen LogP contribution is -2.50. The van der Waals surface area contributed by atoms with Gasteiger partial charge in [0.05, 0.1) is 24.6 Å². The molecule has 9 heteroatoms. The molecule has 0 N–H and O–H groups in total. The molecule has 1 amide bonds. The summed E-state index contributed by atoms with van der Waals surface area (Å²) < 4.78 is 1.82. The lowest BCUT2D eigenvalue weighted by atomic mass is 10.0. The van der Waals surface area contributed by atoms with Crippen LogP contribution in [0.2, 0.25) is 0 Å². The first-order chi connectivity index (χ1) is 13.8. The first-order valence-corrected chi connectivity index (χ1v) is 9.87. The molecule has 0 bridgehead atoms. The zero-order valence-corrected chi connectivity index (χ0v) is 15.7. The molecule has 0 saturated carbocycles. The molecule has 0 aliphatic carbocycles. The van der Waals surface area contributed by atoms with Gasteiger partial charge in [-0.25, -0.2) is 4.68 Å². The van der Waals surface area contributed by atoms with Crippen molar-refractivity contribution in [3.8, 4) is 11.1 Å². The molecule has 8 nitrogen and oxygen atoms in total. The standard InChI is InChI=1S/C19H17N7OS/c27-19(15-3-1-14(2-4-15)16-5-8-28-13-16)24-11-18(12-24)25-9-17(22-23-25)10-26-20-6-7-21-26/h1-9,13,18H,10-12H2. The summed E-state index contributed by atoms with van der Waals surface area (Å²) in [7, 11) is 0. The molecule has 0 unspecified atom stereocenters. The van der Waals surface area contributed by atoms with Gasteiger partial charge in [0.1, 0.15) is 12.2 Å². The van der Waals surface area contributed by atoms with E-state index in [2.05, 4.69) is 37.3 Å². The fraction of sp³-hybridized carbons (Fsp3) is 0.211. The smallest absolute Gasteiger partial charge is 0.253 e. The van der Waals surface area contributed by atoms with Gasteiger partial charge in [0.2, 0.25) is 0 Å². The molecule has 3 aromatic heterocycles. The van der Waals surface area contributed by atoms with Crippen LogP contribution in [0.1, 0.15) is 22.1 Å². The minimum absolute atomic E-state index is 0.0502. The molecule has 5 rings (SSSR count). The Labute approximate surface area is 165 Å². The minimum atomic E-state index is 0.0502. The van der Waals surface area contributed by atoms with Crippen molar-refractivity contribution in [2.24, 2.45) is 0 Å². The van der Waals surface area contributed by atoms with Crippen molar-refractivity contribution >= 4 is 17.2 Å². The number of hydrogen-bond donors (Lipinski definition) is 0. The lowest BCUT2D eigenvalue weighted by molar-refractivity contribution is 0.0498. The summed E-state index contributed by atoms with van der Waals surface area (Å²) in [6.45, 7) is 1.75. The number of amides is 1. The predicted octanol–water partition coefficient (Wildman–Crippen LogP) is 2.34. The van der Waals surface area contributed by atoms with Crippen LogP contribution in [0.4, 0.5) is 0 Å². The van der Waals surface area contributed by atoms with E-state index in [-0.39, 0.29) is 11.9 Å². The van der Waals surface area contributed by atoms with E-state index in [1.807, 2.05) is 40.0 Å². The average Bonchev–Trinajstić information content (AvgIpc) is 3.44. The molecule has 0 atom stereocenters. The Morgan fingerprint density at radius 2 is 1.86 bits per heavy atom. The maximum Gasteiger partial charge on any atom is 0.253 e. The highest BCUT2D eigenvalue weighted by Crippen LogP contribution is 2.25. The van der Waals surface area contributed by atoms with Gasteiger partial charge in [-0.1, -0.05) is 17.3 Å². The summed E-state index contributed by atoms with van der Waals surface area (Å²) in [5.41, 5.74) is 3.81. The number of carbonyl (C=O) groups excluding carboxylic acids is 1. The monoisotopic (exact) mass is 391 g/mol. The van der Waals surface area contributed by atoms with Crippen molar-refractivity contribution in [1.29, 1.82) is 0 Å². The molecule has 4 heterocycles. The number of aromatic nitrogens is 6. The summed E-state index contributed by atoms with van der Waals surface area (Å²) in [5, 5.41) is 20.6. The van der Waals surface area contributed by atoms with Crippen LogP contribution in [0.5, 0.6) is 0 Å². The second-order valence-electron chi connectivity index (χ2n) is 6.70. The van der Waals surface area contributed by atoms with Crippen molar-refractivity contribution in [3.05, 3.63) is 70.9 Å². The van der Waals surface area contributed by atoms with Gasteiger partial charge < -0.3 is 4.90 Å². The van der Waals surface area contributed by atoms with Crippen LogP contribution in [-0.2, 0) is 6.54 Å². The maximum absolute atomic E-state index is 12.7. The third-order valence-corrected chi connectivity index (χ3v) is 5.52. The summed E-state index contributed by atoms with van der Waals surface area (Å²) in [6.07, 6.45) is 5.16. The van der Waals surface area contributed by atoms with Crippen molar-refractivity contribution < 1.29 is 4.79 Å². The van der Waals surface area contributed by atoms with Gasteiger partial charge in [-0.3, -0.25) is 4.79 Å². The fourth-order valence-electron chi connectivity index (χ4n) is 3.24. The number of benzene rings is 1. The molecule has 4 aromatic rings. The van der Waals surface area contributed by atoms with Crippen LogP contribution < -0.4 is 0 Å². The van der Waals surface area contributed by atoms with Crippen LogP contribution in [0.25, 0.3) is 11.1 Å². The Hall–Kier alpha value is -3.33. The van der Waals surface area contributed by atoms with Crippen molar-refractivity contribution in [3.63, 3.8) is 0 Å². The highest BCUT2D eigenvalue weighted by atomic mass is 32.1. The Bertz CT molecular complexity index is 1060. The minimum Gasteiger partial charge on any atom is -0.334 e. The molecule has 0 radical (unpaired) electrons. The average molecular weight is 391 g/mol.